The van der Waals surface area contributed by atoms with Crippen LogP contribution in [-0.2, 0) is 23.8 Å². The molecule has 1 heterocycles. The molecule has 2 unspecified atom stereocenters. The van der Waals surface area contributed by atoms with Gasteiger partial charge in [-0.05, 0) is 36.1 Å². The smallest absolute Gasteiger partial charge is 0.317 e. The minimum Gasteiger partial charge on any atom is -0.338 e. The van der Waals surface area contributed by atoms with Crippen molar-refractivity contribution < 1.29 is 9.00 Å². The molecular weight excluding hydrogens is 308 g/mol. The summed E-state index contributed by atoms with van der Waals surface area (Å²) in [6.45, 7) is 3.80. The van der Waals surface area contributed by atoms with E-state index < -0.39 is 10.8 Å². The number of hydrogen-bond acceptors (Lipinski definition) is 2. The topological polar surface area (TPSA) is 49.4 Å². The number of halogens is 1. The lowest BCUT2D eigenvalue weighted by molar-refractivity contribution is 0.192. The molecule has 2 rings (SSSR count). The zero-order valence-corrected chi connectivity index (χ0v) is 14.0. The summed E-state index contributed by atoms with van der Waals surface area (Å²) in [5.74, 6) is 0. The van der Waals surface area contributed by atoms with Gasteiger partial charge in [-0.25, -0.2) is 4.79 Å². The number of carbonyl (C=O) groups is 1. The molecule has 4 nitrogen and oxygen atoms in total. The molecule has 21 heavy (non-hydrogen) atoms. The molecule has 0 aliphatic carbocycles. The van der Waals surface area contributed by atoms with Crippen molar-refractivity contribution in [3.8, 4) is 0 Å². The Kier molecular flexibility index (Phi) is 5.65. The van der Waals surface area contributed by atoms with Gasteiger partial charge in [-0.1, -0.05) is 24.6 Å². The summed E-state index contributed by atoms with van der Waals surface area (Å²) in [6, 6.07) is 5.79. The molecule has 2 atom stereocenters. The lowest BCUT2D eigenvalue weighted by Gasteiger charge is -2.29. The minimum absolute atomic E-state index is 0.0605. The van der Waals surface area contributed by atoms with Gasteiger partial charge in [0.15, 0.2) is 0 Å². The zero-order chi connectivity index (χ0) is 15.4. The van der Waals surface area contributed by atoms with Gasteiger partial charge in [0, 0.05) is 47.0 Å². The van der Waals surface area contributed by atoms with E-state index in [1.807, 2.05) is 25.1 Å². The first-order chi connectivity index (χ1) is 9.97. The number of amides is 2. The Labute approximate surface area is 133 Å². The van der Waals surface area contributed by atoms with E-state index in [9.17, 15) is 9.00 Å². The maximum absolute atomic E-state index is 12.2. The summed E-state index contributed by atoms with van der Waals surface area (Å²) in [6.07, 6.45) is 3.28. The predicted molar refractivity (Wildman–Crippen MR) is 87.1 cm³/mol. The average molecular weight is 329 g/mol. The highest BCUT2D eigenvalue weighted by atomic mass is 35.5. The summed E-state index contributed by atoms with van der Waals surface area (Å²) in [4.78, 5) is 13.9. The fourth-order valence-corrected chi connectivity index (χ4v) is 3.00. The largest absolute Gasteiger partial charge is 0.338 e. The second-order valence-electron chi connectivity index (χ2n) is 5.41. The second-order valence-corrected chi connectivity index (χ2v) is 7.65. The summed E-state index contributed by atoms with van der Waals surface area (Å²) in [5.41, 5.74) is 2.38. The third kappa shape index (κ3) is 4.45. The SMILES string of the molecule is CC(CCNC(=O)N1CCc2ccc(Cl)cc2C1)S(C)=O. The molecule has 1 aliphatic heterocycles. The van der Waals surface area contributed by atoms with Gasteiger partial charge >= 0.3 is 6.03 Å². The van der Waals surface area contributed by atoms with Crippen molar-refractivity contribution >= 4 is 28.4 Å². The van der Waals surface area contributed by atoms with Crippen LogP contribution in [0.5, 0.6) is 0 Å². The molecule has 1 aliphatic rings. The zero-order valence-electron chi connectivity index (χ0n) is 12.4. The highest BCUT2D eigenvalue weighted by Gasteiger charge is 2.20. The van der Waals surface area contributed by atoms with E-state index in [0.717, 1.165) is 24.9 Å². The molecule has 116 valence electrons. The monoisotopic (exact) mass is 328 g/mol. The van der Waals surface area contributed by atoms with Gasteiger partial charge in [-0.15, -0.1) is 0 Å². The van der Waals surface area contributed by atoms with E-state index >= 15 is 0 Å². The maximum atomic E-state index is 12.2. The van der Waals surface area contributed by atoms with Crippen LogP contribution in [0.15, 0.2) is 18.2 Å². The normalized spacial score (nSPS) is 17.0. The summed E-state index contributed by atoms with van der Waals surface area (Å²) in [7, 11) is -0.842. The van der Waals surface area contributed by atoms with Gasteiger partial charge in [0.05, 0.1) is 0 Å². The Balaban J connectivity index is 1.86. The first-order valence-electron chi connectivity index (χ1n) is 7.09. The molecule has 6 heteroatoms. The first-order valence-corrected chi connectivity index (χ1v) is 9.09. The number of rotatable bonds is 4. The van der Waals surface area contributed by atoms with Crippen LogP contribution in [0.4, 0.5) is 4.79 Å². The van der Waals surface area contributed by atoms with Gasteiger partial charge in [-0.2, -0.15) is 0 Å². The number of benzene rings is 1. The van der Waals surface area contributed by atoms with Crippen molar-refractivity contribution in [3.63, 3.8) is 0 Å². The van der Waals surface area contributed by atoms with Crippen molar-refractivity contribution in [3.05, 3.63) is 34.3 Å². The molecule has 2 amide bonds. The highest BCUT2D eigenvalue weighted by Crippen LogP contribution is 2.22. The maximum Gasteiger partial charge on any atom is 0.317 e. The average Bonchev–Trinajstić information content (AvgIpc) is 2.45. The Bertz CT molecular complexity index is 550. The Morgan fingerprint density at radius 3 is 2.95 bits per heavy atom. The van der Waals surface area contributed by atoms with Crippen LogP contribution >= 0.6 is 11.6 Å². The lowest BCUT2D eigenvalue weighted by atomic mass is 10.0. The second kappa shape index (κ2) is 7.27. The molecule has 0 aromatic heterocycles. The molecule has 0 bridgehead atoms. The molecule has 0 radical (unpaired) electrons. The Morgan fingerprint density at radius 2 is 2.24 bits per heavy atom. The number of hydrogen-bond donors (Lipinski definition) is 1. The molecule has 0 spiro atoms. The van der Waals surface area contributed by atoms with Crippen molar-refractivity contribution in [2.24, 2.45) is 0 Å². The van der Waals surface area contributed by atoms with Crippen molar-refractivity contribution in [2.45, 2.75) is 31.6 Å². The van der Waals surface area contributed by atoms with Crippen LogP contribution in [0.1, 0.15) is 24.5 Å². The minimum atomic E-state index is -0.842. The predicted octanol–water partition coefficient (Wildman–Crippen LogP) is 2.56. The standard InChI is InChI=1S/C15H21ClN2O2S/c1-11(21(2)20)5-7-17-15(19)18-8-6-12-3-4-14(16)9-13(12)10-18/h3-4,9,11H,5-8,10H2,1-2H3,(H,17,19). The molecule has 1 aromatic carbocycles. The van der Waals surface area contributed by atoms with E-state index in [4.69, 9.17) is 11.6 Å². The summed E-state index contributed by atoms with van der Waals surface area (Å²) < 4.78 is 11.3. The van der Waals surface area contributed by atoms with E-state index in [-0.39, 0.29) is 11.3 Å². The van der Waals surface area contributed by atoms with Gasteiger partial charge in [-0.3, -0.25) is 4.21 Å². The Morgan fingerprint density at radius 1 is 1.48 bits per heavy atom. The first kappa shape index (κ1) is 16.3. The number of nitrogens with one attached hydrogen (secondary N) is 1. The third-order valence-electron chi connectivity index (χ3n) is 3.86. The van der Waals surface area contributed by atoms with E-state index in [0.29, 0.717) is 18.1 Å². The van der Waals surface area contributed by atoms with Crippen LogP contribution in [0.3, 0.4) is 0 Å². The van der Waals surface area contributed by atoms with Crippen molar-refractivity contribution in [1.29, 1.82) is 0 Å². The Hall–Kier alpha value is -1.07. The fourth-order valence-electron chi connectivity index (χ4n) is 2.36. The molecule has 0 saturated heterocycles. The van der Waals surface area contributed by atoms with Crippen LogP contribution in [0.2, 0.25) is 5.02 Å². The lowest BCUT2D eigenvalue weighted by Crippen LogP contribution is -2.43. The van der Waals surface area contributed by atoms with Crippen LogP contribution in [0, 0.1) is 0 Å². The van der Waals surface area contributed by atoms with E-state index in [1.165, 1.54) is 5.56 Å². The number of urea groups is 1. The quantitative estimate of drug-likeness (QED) is 0.923. The molecule has 0 saturated carbocycles. The van der Waals surface area contributed by atoms with Crippen LogP contribution in [0.25, 0.3) is 0 Å². The molecule has 1 N–H and O–H groups in total. The molecular formula is C15H21ClN2O2S. The summed E-state index contributed by atoms with van der Waals surface area (Å²) >= 11 is 6.00. The number of carbonyl (C=O) groups excluding carboxylic acids is 1. The van der Waals surface area contributed by atoms with Gasteiger partial charge < -0.3 is 10.2 Å². The fraction of sp³-hybridized carbons (Fsp3) is 0.533. The van der Waals surface area contributed by atoms with Gasteiger partial charge in [0.1, 0.15) is 0 Å². The van der Waals surface area contributed by atoms with Crippen LogP contribution in [-0.4, -0.2) is 39.7 Å². The van der Waals surface area contributed by atoms with E-state index in [2.05, 4.69) is 5.32 Å². The van der Waals surface area contributed by atoms with Crippen molar-refractivity contribution in [2.75, 3.05) is 19.3 Å². The summed E-state index contributed by atoms with van der Waals surface area (Å²) in [5, 5.41) is 3.71. The third-order valence-corrected chi connectivity index (χ3v) is 5.47. The molecule has 0 fully saturated rings. The number of fused-ring (bicyclic) bond motifs is 1. The van der Waals surface area contributed by atoms with Gasteiger partial charge in [0.25, 0.3) is 0 Å². The van der Waals surface area contributed by atoms with Crippen molar-refractivity contribution in [1.82, 2.24) is 10.2 Å². The van der Waals surface area contributed by atoms with Crippen LogP contribution < -0.4 is 5.32 Å². The number of nitrogens with zero attached hydrogens (tertiary/aromatic N) is 1. The van der Waals surface area contributed by atoms with Gasteiger partial charge in [0.2, 0.25) is 0 Å². The molecule has 1 aromatic rings. The van der Waals surface area contributed by atoms with E-state index in [1.54, 1.807) is 11.2 Å². The highest BCUT2D eigenvalue weighted by molar-refractivity contribution is 7.84.